The maximum absolute atomic E-state index is 8.74. The van der Waals surface area contributed by atoms with Gasteiger partial charge in [0, 0.05) is 41.4 Å². The predicted octanol–water partition coefficient (Wildman–Crippen LogP) is 3.35. The molecule has 2 nitrogen and oxygen atoms in total. The molecule has 1 aromatic heterocycles. The molecule has 2 heterocycles. The second kappa shape index (κ2) is 7.26. The third-order valence-electron chi connectivity index (χ3n) is 4.20. The van der Waals surface area contributed by atoms with E-state index in [2.05, 4.69) is 49.0 Å². The van der Waals surface area contributed by atoms with Crippen molar-refractivity contribution in [2.45, 2.75) is 46.2 Å². The summed E-state index contributed by atoms with van der Waals surface area (Å²) in [4.78, 5) is 4.00. The van der Waals surface area contributed by atoms with E-state index in [-0.39, 0.29) is 6.61 Å². The zero-order valence-corrected chi connectivity index (χ0v) is 13.5. The molecule has 3 heteroatoms. The second-order valence-electron chi connectivity index (χ2n) is 6.07. The standard InChI is InChI=1S/C17H25NOS/c1-13-8-14(2)15(3)18(10-13)11-17-9-16(12-20-17)6-4-5-7-19/h9,12-15,19H,5,7-8,10-11H2,1-3H3. The topological polar surface area (TPSA) is 23.5 Å². The van der Waals surface area contributed by atoms with Crippen molar-refractivity contribution >= 4 is 11.3 Å². The van der Waals surface area contributed by atoms with E-state index in [0.717, 1.165) is 23.9 Å². The Morgan fingerprint density at radius 2 is 2.20 bits per heavy atom. The smallest absolute Gasteiger partial charge is 0.0540 e. The summed E-state index contributed by atoms with van der Waals surface area (Å²) in [6.07, 6.45) is 1.91. The molecule has 1 N–H and O–H groups in total. The zero-order chi connectivity index (χ0) is 14.5. The fraction of sp³-hybridized carbons (Fsp3) is 0.647. The summed E-state index contributed by atoms with van der Waals surface area (Å²) in [6.45, 7) is 9.47. The molecule has 0 amide bonds. The van der Waals surface area contributed by atoms with E-state index >= 15 is 0 Å². The van der Waals surface area contributed by atoms with Crippen LogP contribution in [0.5, 0.6) is 0 Å². The Kier molecular flexibility index (Phi) is 5.65. The molecule has 0 bridgehead atoms. The lowest BCUT2D eigenvalue weighted by molar-refractivity contribution is 0.0739. The van der Waals surface area contributed by atoms with Crippen LogP contribution in [-0.4, -0.2) is 29.2 Å². The van der Waals surface area contributed by atoms with E-state index in [9.17, 15) is 0 Å². The van der Waals surface area contributed by atoms with E-state index < -0.39 is 0 Å². The molecule has 3 unspecified atom stereocenters. The van der Waals surface area contributed by atoms with E-state index in [1.807, 2.05) is 0 Å². The first-order valence-electron chi connectivity index (χ1n) is 7.51. The van der Waals surface area contributed by atoms with Crippen molar-refractivity contribution in [3.05, 3.63) is 21.9 Å². The van der Waals surface area contributed by atoms with Gasteiger partial charge in [-0.2, -0.15) is 0 Å². The number of hydrogen-bond acceptors (Lipinski definition) is 3. The normalized spacial score (nSPS) is 27.1. The third kappa shape index (κ3) is 4.09. The van der Waals surface area contributed by atoms with Crippen molar-refractivity contribution in [2.75, 3.05) is 13.2 Å². The Morgan fingerprint density at radius 3 is 2.95 bits per heavy atom. The summed E-state index contributed by atoms with van der Waals surface area (Å²) in [7, 11) is 0. The molecule has 0 aliphatic carbocycles. The first-order chi connectivity index (χ1) is 9.60. The van der Waals surface area contributed by atoms with E-state index in [4.69, 9.17) is 5.11 Å². The van der Waals surface area contributed by atoms with Gasteiger partial charge in [-0.3, -0.25) is 4.90 Å². The molecule has 20 heavy (non-hydrogen) atoms. The molecular weight excluding hydrogens is 266 g/mol. The van der Waals surface area contributed by atoms with Gasteiger partial charge < -0.3 is 5.11 Å². The van der Waals surface area contributed by atoms with Gasteiger partial charge in [-0.05, 0) is 31.2 Å². The van der Waals surface area contributed by atoms with Gasteiger partial charge in [0.25, 0.3) is 0 Å². The van der Waals surface area contributed by atoms with Gasteiger partial charge in [-0.15, -0.1) is 11.3 Å². The van der Waals surface area contributed by atoms with Crippen molar-refractivity contribution in [1.82, 2.24) is 4.90 Å². The lowest BCUT2D eigenvalue weighted by Crippen LogP contribution is -2.44. The Balaban J connectivity index is 1.98. The van der Waals surface area contributed by atoms with Crippen LogP contribution >= 0.6 is 11.3 Å². The van der Waals surface area contributed by atoms with Gasteiger partial charge in [0.1, 0.15) is 0 Å². The quantitative estimate of drug-likeness (QED) is 0.863. The van der Waals surface area contributed by atoms with Crippen LogP contribution in [0.2, 0.25) is 0 Å². The Morgan fingerprint density at radius 1 is 1.40 bits per heavy atom. The number of thiophene rings is 1. The van der Waals surface area contributed by atoms with Gasteiger partial charge in [-0.1, -0.05) is 25.7 Å². The van der Waals surface area contributed by atoms with Crippen LogP contribution in [0.1, 0.15) is 44.1 Å². The number of aliphatic hydroxyl groups excluding tert-OH is 1. The molecule has 2 rings (SSSR count). The summed E-state index contributed by atoms with van der Waals surface area (Å²) < 4.78 is 0. The van der Waals surface area contributed by atoms with Gasteiger partial charge in [0.2, 0.25) is 0 Å². The number of rotatable bonds is 3. The molecule has 1 saturated heterocycles. The van der Waals surface area contributed by atoms with E-state index in [1.54, 1.807) is 11.3 Å². The molecule has 1 aliphatic rings. The molecule has 110 valence electrons. The Bertz CT molecular complexity index is 485. The number of piperidine rings is 1. The molecule has 1 aromatic rings. The molecule has 1 aliphatic heterocycles. The van der Waals surface area contributed by atoms with Crippen LogP contribution < -0.4 is 0 Å². The van der Waals surface area contributed by atoms with Gasteiger partial charge >= 0.3 is 0 Å². The van der Waals surface area contributed by atoms with Gasteiger partial charge in [0.15, 0.2) is 0 Å². The fourth-order valence-corrected chi connectivity index (χ4v) is 3.83. The monoisotopic (exact) mass is 291 g/mol. The molecule has 0 aromatic carbocycles. The number of likely N-dealkylation sites (tertiary alicyclic amines) is 1. The highest BCUT2D eigenvalue weighted by Crippen LogP contribution is 2.29. The molecular formula is C17H25NOS. The highest BCUT2D eigenvalue weighted by molar-refractivity contribution is 7.10. The fourth-order valence-electron chi connectivity index (χ4n) is 2.99. The van der Waals surface area contributed by atoms with Crippen LogP contribution in [0, 0.1) is 23.7 Å². The first-order valence-corrected chi connectivity index (χ1v) is 8.39. The minimum atomic E-state index is 0.144. The Labute approximate surface area is 126 Å². The highest BCUT2D eigenvalue weighted by Gasteiger charge is 2.28. The minimum Gasteiger partial charge on any atom is -0.395 e. The van der Waals surface area contributed by atoms with Crippen molar-refractivity contribution in [3.8, 4) is 11.8 Å². The van der Waals surface area contributed by atoms with Crippen LogP contribution in [0.3, 0.4) is 0 Å². The number of nitrogens with zero attached hydrogens (tertiary/aromatic N) is 1. The predicted molar refractivity (Wildman–Crippen MR) is 85.7 cm³/mol. The zero-order valence-electron chi connectivity index (χ0n) is 12.7. The minimum absolute atomic E-state index is 0.144. The summed E-state index contributed by atoms with van der Waals surface area (Å²) in [5.41, 5.74) is 1.09. The third-order valence-corrected chi connectivity index (χ3v) is 5.12. The summed E-state index contributed by atoms with van der Waals surface area (Å²) in [5.74, 6) is 7.67. The van der Waals surface area contributed by atoms with Crippen LogP contribution in [-0.2, 0) is 6.54 Å². The maximum Gasteiger partial charge on any atom is 0.0540 e. The van der Waals surface area contributed by atoms with Crippen molar-refractivity contribution in [2.24, 2.45) is 11.8 Å². The highest BCUT2D eigenvalue weighted by atomic mass is 32.1. The molecule has 0 radical (unpaired) electrons. The van der Waals surface area contributed by atoms with E-state index in [0.29, 0.717) is 12.5 Å². The lowest BCUT2D eigenvalue weighted by Gasteiger charge is -2.40. The summed E-state index contributed by atoms with van der Waals surface area (Å²) in [6, 6.07) is 2.86. The average molecular weight is 291 g/mol. The molecule has 1 fully saturated rings. The largest absolute Gasteiger partial charge is 0.395 e. The van der Waals surface area contributed by atoms with Crippen molar-refractivity contribution in [1.29, 1.82) is 0 Å². The van der Waals surface area contributed by atoms with Crippen LogP contribution in [0.25, 0.3) is 0 Å². The summed E-state index contributed by atoms with van der Waals surface area (Å²) in [5, 5.41) is 10.9. The van der Waals surface area contributed by atoms with Crippen molar-refractivity contribution in [3.63, 3.8) is 0 Å². The van der Waals surface area contributed by atoms with Gasteiger partial charge in [0.05, 0.1) is 6.61 Å². The second-order valence-corrected chi connectivity index (χ2v) is 7.06. The van der Waals surface area contributed by atoms with Crippen LogP contribution in [0.15, 0.2) is 11.4 Å². The molecule has 0 saturated carbocycles. The van der Waals surface area contributed by atoms with Gasteiger partial charge in [-0.25, -0.2) is 0 Å². The van der Waals surface area contributed by atoms with Crippen LogP contribution in [0.4, 0.5) is 0 Å². The average Bonchev–Trinajstić information content (AvgIpc) is 2.83. The molecule has 0 spiro atoms. The first kappa shape index (κ1) is 15.6. The number of aliphatic hydroxyl groups is 1. The van der Waals surface area contributed by atoms with E-state index in [1.165, 1.54) is 17.8 Å². The SMILES string of the molecule is CC1CC(C)C(C)N(Cc2cc(C#CCCO)cs2)C1. The Hall–Kier alpha value is -0.820. The van der Waals surface area contributed by atoms with Crippen molar-refractivity contribution < 1.29 is 5.11 Å². The summed E-state index contributed by atoms with van der Waals surface area (Å²) >= 11 is 1.80. The lowest BCUT2D eigenvalue weighted by atomic mass is 9.86. The number of hydrogen-bond donors (Lipinski definition) is 1. The maximum atomic E-state index is 8.74. The molecule has 3 atom stereocenters.